The summed E-state index contributed by atoms with van der Waals surface area (Å²) < 4.78 is 19.2. The smallest absolute Gasteiger partial charge is 0.285 e. The maximum atomic E-state index is 13.1. The molecule has 160 valence electrons. The summed E-state index contributed by atoms with van der Waals surface area (Å²) in [5, 5.41) is 1.07. The fourth-order valence-corrected chi connectivity index (χ4v) is 4.10. The Morgan fingerprint density at radius 1 is 1.03 bits per heavy atom. The topological polar surface area (TPSA) is 58.6 Å². The van der Waals surface area contributed by atoms with Gasteiger partial charge >= 0.3 is 0 Å². The first-order valence-corrected chi connectivity index (χ1v) is 10.8. The lowest BCUT2D eigenvalue weighted by atomic mass is 10.1. The number of benzene rings is 3. The minimum absolute atomic E-state index is 0.232. The minimum atomic E-state index is -0.425. The van der Waals surface area contributed by atoms with Crippen LogP contribution in [0.5, 0.6) is 5.75 Å². The van der Waals surface area contributed by atoms with Gasteiger partial charge in [0.25, 0.3) is 11.8 Å². The predicted octanol–water partition coefficient (Wildman–Crippen LogP) is 4.95. The lowest BCUT2D eigenvalue weighted by Gasteiger charge is -2.15. The molecule has 0 spiro atoms. The number of amides is 2. The molecule has 0 aromatic heterocycles. The van der Waals surface area contributed by atoms with Crippen molar-refractivity contribution in [2.24, 2.45) is 0 Å². The lowest BCUT2D eigenvalue weighted by Crippen LogP contribution is -2.44. The van der Waals surface area contributed by atoms with Gasteiger partial charge in [0.05, 0.1) is 4.91 Å². The minimum Gasteiger partial charge on any atom is -0.488 e. The summed E-state index contributed by atoms with van der Waals surface area (Å²) >= 11 is 6.38. The Labute approximate surface area is 193 Å². The van der Waals surface area contributed by atoms with E-state index in [2.05, 4.69) is 5.43 Å². The van der Waals surface area contributed by atoms with Gasteiger partial charge in [-0.25, -0.2) is 4.39 Å². The van der Waals surface area contributed by atoms with E-state index in [-0.39, 0.29) is 16.7 Å². The van der Waals surface area contributed by atoms with Crippen molar-refractivity contribution in [3.05, 3.63) is 106 Å². The van der Waals surface area contributed by atoms with Gasteiger partial charge in [-0.1, -0.05) is 60.3 Å². The van der Waals surface area contributed by atoms with E-state index in [1.807, 2.05) is 18.2 Å². The van der Waals surface area contributed by atoms with E-state index < -0.39 is 11.8 Å². The highest BCUT2D eigenvalue weighted by molar-refractivity contribution is 8.26. The summed E-state index contributed by atoms with van der Waals surface area (Å²) in [6.07, 6.45) is 1.67. The van der Waals surface area contributed by atoms with E-state index in [0.717, 1.165) is 22.3 Å². The van der Waals surface area contributed by atoms with Crippen LogP contribution in [0.3, 0.4) is 0 Å². The molecule has 8 heteroatoms. The molecule has 0 aliphatic carbocycles. The second-order valence-corrected chi connectivity index (χ2v) is 8.45. The van der Waals surface area contributed by atoms with E-state index in [1.54, 1.807) is 54.6 Å². The van der Waals surface area contributed by atoms with Crippen LogP contribution in [0.2, 0.25) is 0 Å². The molecule has 0 unspecified atom stereocenters. The van der Waals surface area contributed by atoms with E-state index in [0.29, 0.717) is 21.8 Å². The predicted molar refractivity (Wildman–Crippen MR) is 126 cm³/mol. The Balaban J connectivity index is 1.49. The van der Waals surface area contributed by atoms with Crippen LogP contribution < -0.4 is 10.2 Å². The fraction of sp³-hybridized carbons (Fsp3) is 0.0417. The number of hydrogen-bond acceptors (Lipinski definition) is 5. The number of para-hydroxylation sites is 1. The van der Waals surface area contributed by atoms with Crippen LogP contribution in [0.15, 0.2) is 83.8 Å². The van der Waals surface area contributed by atoms with Crippen LogP contribution in [-0.2, 0) is 11.4 Å². The van der Waals surface area contributed by atoms with Crippen LogP contribution in [0.25, 0.3) is 6.08 Å². The quantitative estimate of drug-likeness (QED) is 0.413. The van der Waals surface area contributed by atoms with Gasteiger partial charge in [0, 0.05) is 11.1 Å². The third-order valence-electron chi connectivity index (χ3n) is 4.56. The van der Waals surface area contributed by atoms with Gasteiger partial charge in [-0.05, 0) is 54.2 Å². The maximum absolute atomic E-state index is 13.1. The average molecular weight is 465 g/mol. The summed E-state index contributed by atoms with van der Waals surface area (Å²) in [7, 11) is 0. The average Bonchev–Trinajstić information content (AvgIpc) is 3.07. The fourth-order valence-electron chi connectivity index (χ4n) is 2.93. The molecule has 0 atom stereocenters. The number of hydrogen-bond donors (Lipinski definition) is 1. The molecule has 3 aromatic rings. The van der Waals surface area contributed by atoms with E-state index >= 15 is 0 Å². The van der Waals surface area contributed by atoms with Gasteiger partial charge in [-0.3, -0.25) is 15.0 Å². The number of ether oxygens (including phenoxy) is 1. The Morgan fingerprint density at radius 2 is 1.72 bits per heavy atom. The van der Waals surface area contributed by atoms with Crippen molar-refractivity contribution in [3.8, 4) is 5.75 Å². The van der Waals surface area contributed by atoms with Gasteiger partial charge in [0.2, 0.25) is 0 Å². The highest BCUT2D eigenvalue weighted by atomic mass is 32.2. The molecule has 1 aliphatic rings. The second-order valence-electron chi connectivity index (χ2n) is 6.78. The number of thioether (sulfide) groups is 1. The van der Waals surface area contributed by atoms with Gasteiger partial charge in [-0.15, -0.1) is 0 Å². The first kappa shape index (κ1) is 21.7. The van der Waals surface area contributed by atoms with Crippen LogP contribution in [0, 0.1) is 5.82 Å². The second kappa shape index (κ2) is 9.76. The van der Waals surface area contributed by atoms with Crippen molar-refractivity contribution in [1.82, 2.24) is 10.4 Å². The molecule has 32 heavy (non-hydrogen) atoms. The van der Waals surface area contributed by atoms with Crippen molar-refractivity contribution in [1.29, 1.82) is 0 Å². The van der Waals surface area contributed by atoms with Gasteiger partial charge in [0.15, 0.2) is 4.32 Å². The summed E-state index contributed by atoms with van der Waals surface area (Å²) in [6.45, 7) is 0.249. The molecule has 3 aromatic carbocycles. The number of thiocarbonyl (C=S) groups is 1. The number of nitrogens with zero attached hydrogens (tertiary/aromatic N) is 1. The molecule has 2 amide bonds. The normalized spacial score (nSPS) is 14.7. The molecule has 1 heterocycles. The van der Waals surface area contributed by atoms with Crippen molar-refractivity contribution in [2.75, 3.05) is 0 Å². The third-order valence-corrected chi connectivity index (χ3v) is 5.86. The molecule has 1 N–H and O–H groups in total. The van der Waals surface area contributed by atoms with Crippen LogP contribution in [0.1, 0.15) is 21.5 Å². The van der Waals surface area contributed by atoms with Crippen molar-refractivity contribution < 1.29 is 18.7 Å². The number of halogens is 1. The van der Waals surface area contributed by atoms with Crippen molar-refractivity contribution in [3.63, 3.8) is 0 Å². The summed E-state index contributed by atoms with van der Waals surface area (Å²) in [4.78, 5) is 25.6. The standard InChI is InChI=1S/C24H17FN2O3S2/c25-19-12-10-16(11-13-19)15-30-20-9-5-4-8-18(20)14-21-23(29)27(24(31)32-21)26-22(28)17-6-2-1-3-7-17/h1-14H,15H2,(H,26,28)/b21-14-. The molecule has 4 rings (SSSR count). The van der Waals surface area contributed by atoms with Gasteiger partial charge in [0.1, 0.15) is 18.2 Å². The van der Waals surface area contributed by atoms with Crippen molar-refractivity contribution in [2.45, 2.75) is 6.61 Å². The highest BCUT2D eigenvalue weighted by Crippen LogP contribution is 2.33. The largest absolute Gasteiger partial charge is 0.488 e. The molecule has 1 fully saturated rings. The molecule has 0 radical (unpaired) electrons. The molecule has 0 saturated carbocycles. The summed E-state index contributed by atoms with van der Waals surface area (Å²) in [5.74, 6) is -0.588. The number of carbonyl (C=O) groups is 2. The Hall–Kier alpha value is -3.49. The Kier molecular flexibility index (Phi) is 6.63. The van der Waals surface area contributed by atoms with Crippen LogP contribution in [-0.4, -0.2) is 21.1 Å². The first-order valence-electron chi connectivity index (χ1n) is 9.61. The highest BCUT2D eigenvalue weighted by Gasteiger charge is 2.34. The zero-order chi connectivity index (χ0) is 22.5. The molecule has 1 aliphatic heterocycles. The summed E-state index contributed by atoms with van der Waals surface area (Å²) in [5.41, 5.74) is 4.48. The molecule has 1 saturated heterocycles. The number of hydrazine groups is 1. The van der Waals surface area contributed by atoms with Crippen LogP contribution in [0.4, 0.5) is 4.39 Å². The Bertz CT molecular complexity index is 1200. The number of nitrogens with one attached hydrogen (secondary N) is 1. The number of rotatable bonds is 6. The molecular formula is C24H17FN2O3S2. The molecular weight excluding hydrogens is 447 g/mol. The zero-order valence-corrected chi connectivity index (χ0v) is 18.3. The number of carbonyl (C=O) groups excluding carboxylic acids is 2. The van der Waals surface area contributed by atoms with E-state index in [4.69, 9.17) is 17.0 Å². The van der Waals surface area contributed by atoms with Crippen LogP contribution >= 0.6 is 24.0 Å². The van der Waals surface area contributed by atoms with Crippen molar-refractivity contribution >= 4 is 46.2 Å². The van der Waals surface area contributed by atoms with Gasteiger partial charge < -0.3 is 4.74 Å². The van der Waals surface area contributed by atoms with Gasteiger partial charge in [-0.2, -0.15) is 5.01 Å². The lowest BCUT2D eigenvalue weighted by molar-refractivity contribution is -0.123. The molecule has 0 bridgehead atoms. The maximum Gasteiger partial charge on any atom is 0.285 e. The Morgan fingerprint density at radius 3 is 2.47 bits per heavy atom. The third kappa shape index (κ3) is 5.04. The first-order chi connectivity index (χ1) is 15.5. The monoisotopic (exact) mass is 464 g/mol. The van der Waals surface area contributed by atoms with E-state index in [9.17, 15) is 14.0 Å². The SMILES string of the molecule is O=C(NN1C(=O)/C(=C/c2ccccc2OCc2ccc(F)cc2)SC1=S)c1ccccc1. The summed E-state index contributed by atoms with van der Waals surface area (Å²) in [6, 6.07) is 21.9. The zero-order valence-electron chi connectivity index (χ0n) is 16.7. The molecule has 5 nitrogen and oxygen atoms in total. The van der Waals surface area contributed by atoms with E-state index in [1.165, 1.54) is 12.1 Å².